The number of amides is 3. The monoisotopic (exact) mass is 347 g/mol. The van der Waals surface area contributed by atoms with Gasteiger partial charge in [-0.1, -0.05) is 6.07 Å². The minimum absolute atomic E-state index is 0.110. The molecule has 0 spiro atoms. The van der Waals surface area contributed by atoms with Crippen LogP contribution in [-0.4, -0.2) is 24.5 Å². The lowest BCUT2D eigenvalue weighted by molar-refractivity contribution is -0.117. The molecule has 24 heavy (non-hydrogen) atoms. The van der Waals surface area contributed by atoms with Crippen molar-refractivity contribution in [3.63, 3.8) is 0 Å². The van der Waals surface area contributed by atoms with E-state index >= 15 is 0 Å². The number of carbonyl (C=O) groups is 2. The van der Waals surface area contributed by atoms with E-state index in [1.807, 2.05) is 17.5 Å². The van der Waals surface area contributed by atoms with Gasteiger partial charge in [-0.15, -0.1) is 11.3 Å². The summed E-state index contributed by atoms with van der Waals surface area (Å²) in [6, 6.07) is 9.50. The van der Waals surface area contributed by atoms with E-state index < -0.39 is 0 Å². The van der Waals surface area contributed by atoms with Gasteiger partial charge >= 0.3 is 6.03 Å². The molecule has 1 fully saturated rings. The van der Waals surface area contributed by atoms with Crippen LogP contribution in [0, 0.1) is 5.82 Å². The number of rotatable bonds is 6. The van der Waals surface area contributed by atoms with Gasteiger partial charge in [0.25, 0.3) is 0 Å². The Morgan fingerprint density at radius 1 is 1.21 bits per heavy atom. The molecular formula is C17H18FN3O2S. The summed E-state index contributed by atoms with van der Waals surface area (Å²) >= 11 is 1.54. The fourth-order valence-electron chi connectivity index (χ4n) is 2.22. The molecule has 126 valence electrons. The summed E-state index contributed by atoms with van der Waals surface area (Å²) in [7, 11) is 0. The van der Waals surface area contributed by atoms with Gasteiger partial charge in [-0.2, -0.15) is 0 Å². The zero-order chi connectivity index (χ0) is 16.9. The Kier molecular flexibility index (Phi) is 5.10. The van der Waals surface area contributed by atoms with Crippen LogP contribution < -0.4 is 15.5 Å². The highest BCUT2D eigenvalue weighted by atomic mass is 32.1. The van der Waals surface area contributed by atoms with Crippen LogP contribution in [-0.2, 0) is 11.3 Å². The fraction of sp³-hybridized carbons (Fsp3) is 0.294. The number of anilines is 1. The minimum atomic E-state index is -0.357. The number of hydrogen-bond acceptors (Lipinski definition) is 3. The van der Waals surface area contributed by atoms with Gasteiger partial charge in [0, 0.05) is 16.6 Å². The summed E-state index contributed by atoms with van der Waals surface area (Å²) in [6.07, 6.45) is 1.98. The minimum Gasteiger partial charge on any atom is -0.335 e. The van der Waals surface area contributed by atoms with Crippen molar-refractivity contribution < 1.29 is 14.0 Å². The second kappa shape index (κ2) is 7.44. The van der Waals surface area contributed by atoms with Gasteiger partial charge in [0.05, 0.1) is 13.1 Å². The van der Waals surface area contributed by atoms with E-state index in [0.717, 1.165) is 17.7 Å². The average molecular weight is 347 g/mol. The van der Waals surface area contributed by atoms with Gasteiger partial charge in [0.2, 0.25) is 5.91 Å². The van der Waals surface area contributed by atoms with Crippen LogP contribution in [0.15, 0.2) is 41.8 Å². The Labute approximate surface area is 143 Å². The molecule has 2 aromatic rings. The molecule has 1 aromatic heterocycles. The summed E-state index contributed by atoms with van der Waals surface area (Å²) in [5, 5.41) is 7.29. The highest BCUT2D eigenvalue weighted by Gasteiger charge is 2.24. The summed E-state index contributed by atoms with van der Waals surface area (Å²) in [5.41, 5.74) is 0.596. The van der Waals surface area contributed by atoms with Crippen molar-refractivity contribution in [2.24, 2.45) is 0 Å². The molecule has 0 atom stereocenters. The van der Waals surface area contributed by atoms with Crippen molar-refractivity contribution in [2.45, 2.75) is 25.4 Å². The van der Waals surface area contributed by atoms with E-state index in [9.17, 15) is 14.0 Å². The molecule has 0 radical (unpaired) electrons. The smallest absolute Gasteiger partial charge is 0.315 e. The third-order valence-electron chi connectivity index (χ3n) is 3.65. The third-order valence-corrected chi connectivity index (χ3v) is 4.51. The van der Waals surface area contributed by atoms with E-state index in [2.05, 4.69) is 10.6 Å². The molecule has 0 bridgehead atoms. The second-order valence-corrected chi connectivity index (χ2v) is 6.67. The maximum absolute atomic E-state index is 13.1. The third kappa shape index (κ3) is 4.55. The lowest BCUT2D eigenvalue weighted by Crippen LogP contribution is -2.44. The Morgan fingerprint density at radius 3 is 2.58 bits per heavy atom. The SMILES string of the molecule is O=C(NCC(=O)N(Cc1cccs1)c1ccc(F)cc1)NC1CC1. The van der Waals surface area contributed by atoms with Crippen LogP contribution in [0.3, 0.4) is 0 Å². The van der Waals surface area contributed by atoms with Crippen LogP contribution >= 0.6 is 11.3 Å². The van der Waals surface area contributed by atoms with E-state index in [1.165, 1.54) is 23.5 Å². The largest absolute Gasteiger partial charge is 0.335 e. The Bertz CT molecular complexity index is 699. The van der Waals surface area contributed by atoms with Crippen LogP contribution in [0.25, 0.3) is 0 Å². The van der Waals surface area contributed by atoms with Gasteiger partial charge in [0.15, 0.2) is 0 Å². The molecule has 5 nitrogen and oxygen atoms in total. The van der Waals surface area contributed by atoms with Crippen LogP contribution in [0.2, 0.25) is 0 Å². The standard InChI is InChI=1S/C17H18FN3O2S/c18-12-3-7-14(8-4-12)21(11-15-2-1-9-24-15)16(22)10-19-17(23)20-13-5-6-13/h1-4,7-9,13H,5-6,10-11H2,(H2,19,20,23). The van der Waals surface area contributed by atoms with Gasteiger partial charge in [0.1, 0.15) is 5.82 Å². The molecule has 0 saturated heterocycles. The molecule has 0 unspecified atom stereocenters. The maximum atomic E-state index is 13.1. The van der Waals surface area contributed by atoms with Crippen LogP contribution in [0.5, 0.6) is 0 Å². The molecule has 1 aromatic carbocycles. The molecular weight excluding hydrogens is 329 g/mol. The number of benzene rings is 1. The summed E-state index contributed by atoms with van der Waals surface area (Å²) in [5.74, 6) is -0.606. The summed E-state index contributed by atoms with van der Waals surface area (Å²) in [4.78, 5) is 26.8. The predicted molar refractivity (Wildman–Crippen MR) is 91.5 cm³/mol. The summed E-state index contributed by atoms with van der Waals surface area (Å²) in [6.45, 7) is 0.273. The van der Waals surface area contributed by atoms with Crippen molar-refractivity contribution in [3.05, 3.63) is 52.5 Å². The highest BCUT2D eigenvalue weighted by Crippen LogP contribution is 2.20. The number of urea groups is 1. The van der Waals surface area contributed by atoms with Crippen LogP contribution in [0.4, 0.5) is 14.9 Å². The van der Waals surface area contributed by atoms with E-state index in [-0.39, 0.29) is 30.3 Å². The van der Waals surface area contributed by atoms with E-state index in [4.69, 9.17) is 0 Å². The van der Waals surface area contributed by atoms with Gasteiger partial charge < -0.3 is 15.5 Å². The van der Waals surface area contributed by atoms with Crippen molar-refractivity contribution in [1.29, 1.82) is 0 Å². The number of nitrogens with one attached hydrogen (secondary N) is 2. The fourth-order valence-corrected chi connectivity index (χ4v) is 2.91. The summed E-state index contributed by atoms with van der Waals surface area (Å²) < 4.78 is 13.1. The van der Waals surface area contributed by atoms with Gasteiger partial charge in [-0.25, -0.2) is 9.18 Å². The van der Waals surface area contributed by atoms with Crippen molar-refractivity contribution in [1.82, 2.24) is 10.6 Å². The van der Waals surface area contributed by atoms with Gasteiger partial charge in [-0.05, 0) is 48.6 Å². The van der Waals surface area contributed by atoms with Crippen molar-refractivity contribution >= 4 is 29.0 Å². The molecule has 1 aliphatic rings. The normalized spacial score (nSPS) is 13.4. The first-order chi connectivity index (χ1) is 11.6. The number of nitrogens with zero attached hydrogens (tertiary/aromatic N) is 1. The molecule has 1 aliphatic carbocycles. The van der Waals surface area contributed by atoms with Crippen molar-refractivity contribution in [2.75, 3.05) is 11.4 Å². The maximum Gasteiger partial charge on any atom is 0.315 e. The Hall–Kier alpha value is -2.41. The molecule has 1 saturated carbocycles. The molecule has 3 amide bonds. The zero-order valence-electron chi connectivity index (χ0n) is 13.0. The topological polar surface area (TPSA) is 61.4 Å². The number of halogens is 1. The first-order valence-electron chi connectivity index (χ1n) is 7.74. The molecule has 1 heterocycles. The first-order valence-corrected chi connectivity index (χ1v) is 8.62. The van der Waals surface area contributed by atoms with Gasteiger partial charge in [-0.3, -0.25) is 4.79 Å². The van der Waals surface area contributed by atoms with Crippen LogP contribution in [0.1, 0.15) is 17.7 Å². The Morgan fingerprint density at radius 2 is 1.96 bits per heavy atom. The average Bonchev–Trinajstić information content (AvgIpc) is 3.23. The quantitative estimate of drug-likeness (QED) is 0.844. The molecule has 0 aliphatic heterocycles. The van der Waals surface area contributed by atoms with E-state index in [0.29, 0.717) is 12.2 Å². The lowest BCUT2D eigenvalue weighted by atomic mass is 10.2. The van der Waals surface area contributed by atoms with E-state index in [1.54, 1.807) is 17.0 Å². The van der Waals surface area contributed by atoms with Crippen molar-refractivity contribution in [3.8, 4) is 0 Å². The first kappa shape index (κ1) is 16.4. The lowest BCUT2D eigenvalue weighted by Gasteiger charge is -2.22. The molecule has 7 heteroatoms. The zero-order valence-corrected chi connectivity index (χ0v) is 13.8. The highest BCUT2D eigenvalue weighted by molar-refractivity contribution is 7.09. The number of hydrogen-bond donors (Lipinski definition) is 2. The Balaban J connectivity index is 1.66. The molecule has 2 N–H and O–H groups in total. The number of thiophene rings is 1. The number of carbonyl (C=O) groups excluding carboxylic acids is 2. The predicted octanol–water partition coefficient (Wildman–Crippen LogP) is 2.88. The second-order valence-electron chi connectivity index (χ2n) is 5.64. The molecule has 3 rings (SSSR count).